The molecule has 0 saturated carbocycles. The van der Waals surface area contributed by atoms with Crippen LogP contribution in [0.15, 0.2) is 0 Å². The maximum Gasteiger partial charge on any atom is 0.0702 e. The first-order valence-corrected chi connectivity index (χ1v) is 5.83. The minimum absolute atomic E-state index is 0.369. The third kappa shape index (κ3) is 2.69. The summed E-state index contributed by atoms with van der Waals surface area (Å²) in [5, 5.41) is 9.02. The highest BCUT2D eigenvalue weighted by molar-refractivity contribution is 4.76. The largest absolute Gasteiger partial charge is 0.396 e. The number of hydrogen-bond donors (Lipinski definition) is 1. The number of rotatable bonds is 3. The quantitative estimate of drug-likeness (QED) is 0.732. The van der Waals surface area contributed by atoms with Crippen LogP contribution in [0.5, 0.6) is 0 Å². The lowest BCUT2D eigenvalue weighted by Crippen LogP contribution is -2.39. The van der Waals surface area contributed by atoms with E-state index in [9.17, 15) is 0 Å². The van der Waals surface area contributed by atoms with Gasteiger partial charge in [-0.1, -0.05) is 0 Å². The van der Waals surface area contributed by atoms with E-state index in [1.807, 2.05) is 0 Å². The predicted molar refractivity (Wildman–Crippen MR) is 55.2 cm³/mol. The molecule has 2 fully saturated rings. The second-order valence-corrected chi connectivity index (χ2v) is 4.56. The van der Waals surface area contributed by atoms with Crippen LogP contribution in [0.3, 0.4) is 0 Å². The minimum Gasteiger partial charge on any atom is -0.396 e. The first-order chi connectivity index (χ1) is 6.88. The Bertz CT molecular complexity index is 161. The van der Waals surface area contributed by atoms with Gasteiger partial charge in [0, 0.05) is 19.8 Å². The van der Waals surface area contributed by atoms with Gasteiger partial charge in [-0.15, -0.1) is 0 Å². The van der Waals surface area contributed by atoms with Crippen LogP contribution < -0.4 is 0 Å². The van der Waals surface area contributed by atoms with Crippen molar-refractivity contribution in [1.29, 1.82) is 0 Å². The molecule has 0 bridgehead atoms. The van der Waals surface area contributed by atoms with E-state index in [2.05, 4.69) is 4.90 Å². The van der Waals surface area contributed by atoms with Gasteiger partial charge >= 0.3 is 0 Å². The molecule has 0 aromatic rings. The van der Waals surface area contributed by atoms with E-state index in [4.69, 9.17) is 9.84 Å². The maximum absolute atomic E-state index is 9.02. The van der Waals surface area contributed by atoms with Crippen molar-refractivity contribution in [3.8, 4) is 0 Å². The SMILES string of the molecule is OCC1CCN(CC2CCCO2)CC1. The number of aliphatic hydroxyl groups excluding tert-OH is 1. The summed E-state index contributed by atoms with van der Waals surface area (Å²) in [6, 6.07) is 0. The number of likely N-dealkylation sites (tertiary alicyclic amines) is 1. The molecular formula is C11H21NO2. The molecule has 3 heteroatoms. The first kappa shape index (κ1) is 10.4. The van der Waals surface area contributed by atoms with Gasteiger partial charge in [0.05, 0.1) is 6.10 Å². The minimum atomic E-state index is 0.369. The summed E-state index contributed by atoms with van der Waals surface area (Å²) in [4.78, 5) is 2.49. The Morgan fingerprint density at radius 2 is 2.00 bits per heavy atom. The fourth-order valence-corrected chi connectivity index (χ4v) is 2.43. The van der Waals surface area contributed by atoms with Crippen molar-refractivity contribution in [1.82, 2.24) is 4.90 Å². The first-order valence-electron chi connectivity index (χ1n) is 5.83. The van der Waals surface area contributed by atoms with Gasteiger partial charge < -0.3 is 14.7 Å². The van der Waals surface area contributed by atoms with Crippen molar-refractivity contribution in [2.75, 3.05) is 32.8 Å². The fourth-order valence-electron chi connectivity index (χ4n) is 2.43. The second-order valence-electron chi connectivity index (χ2n) is 4.56. The molecular weight excluding hydrogens is 178 g/mol. The van der Waals surface area contributed by atoms with E-state index >= 15 is 0 Å². The Morgan fingerprint density at radius 3 is 2.57 bits per heavy atom. The lowest BCUT2D eigenvalue weighted by Gasteiger charge is -2.32. The van der Waals surface area contributed by atoms with Crippen LogP contribution in [0.2, 0.25) is 0 Å². The molecule has 0 aromatic heterocycles. The molecule has 1 N–H and O–H groups in total. The van der Waals surface area contributed by atoms with Crippen LogP contribution in [0, 0.1) is 5.92 Å². The Kier molecular flexibility index (Phi) is 3.79. The molecule has 0 radical (unpaired) electrons. The third-order valence-corrected chi connectivity index (χ3v) is 3.45. The Hall–Kier alpha value is -0.120. The molecule has 3 nitrogen and oxygen atoms in total. The molecule has 0 aliphatic carbocycles. The van der Waals surface area contributed by atoms with Gasteiger partial charge in [-0.05, 0) is 44.7 Å². The zero-order valence-corrected chi connectivity index (χ0v) is 8.82. The zero-order valence-electron chi connectivity index (χ0n) is 8.82. The van der Waals surface area contributed by atoms with Crippen LogP contribution in [0.4, 0.5) is 0 Å². The van der Waals surface area contributed by atoms with Crippen molar-refractivity contribution in [2.45, 2.75) is 31.8 Å². The topological polar surface area (TPSA) is 32.7 Å². The van der Waals surface area contributed by atoms with Crippen molar-refractivity contribution in [2.24, 2.45) is 5.92 Å². The molecule has 2 rings (SSSR count). The van der Waals surface area contributed by atoms with E-state index in [0.717, 1.165) is 39.1 Å². The third-order valence-electron chi connectivity index (χ3n) is 3.45. The summed E-state index contributed by atoms with van der Waals surface area (Å²) in [6.07, 6.45) is 5.27. The average molecular weight is 199 g/mol. The van der Waals surface area contributed by atoms with Crippen LogP contribution in [-0.2, 0) is 4.74 Å². The standard InChI is InChI=1S/C11H21NO2/c13-9-10-3-5-12(6-4-10)8-11-2-1-7-14-11/h10-11,13H,1-9H2. The number of aliphatic hydroxyl groups is 1. The fraction of sp³-hybridized carbons (Fsp3) is 1.00. The van der Waals surface area contributed by atoms with Crippen LogP contribution >= 0.6 is 0 Å². The van der Waals surface area contributed by atoms with Crippen molar-refractivity contribution < 1.29 is 9.84 Å². The molecule has 2 aliphatic heterocycles. The predicted octanol–water partition coefficient (Wildman–Crippen LogP) is 0.870. The zero-order chi connectivity index (χ0) is 9.80. The van der Waals surface area contributed by atoms with Crippen molar-refractivity contribution in [3.05, 3.63) is 0 Å². The summed E-state index contributed by atoms with van der Waals surface area (Å²) < 4.78 is 5.62. The Morgan fingerprint density at radius 1 is 1.21 bits per heavy atom. The number of ether oxygens (including phenoxy) is 1. The van der Waals surface area contributed by atoms with Gasteiger partial charge in [0.15, 0.2) is 0 Å². The number of nitrogens with zero attached hydrogens (tertiary/aromatic N) is 1. The van der Waals surface area contributed by atoms with E-state index in [1.54, 1.807) is 0 Å². The van der Waals surface area contributed by atoms with Crippen molar-refractivity contribution >= 4 is 0 Å². The normalized spacial score (nSPS) is 31.1. The van der Waals surface area contributed by atoms with E-state index in [1.165, 1.54) is 12.8 Å². The molecule has 2 saturated heterocycles. The second kappa shape index (κ2) is 5.10. The summed E-state index contributed by atoms with van der Waals surface area (Å²) in [7, 11) is 0. The molecule has 14 heavy (non-hydrogen) atoms. The molecule has 0 aromatic carbocycles. The van der Waals surface area contributed by atoms with Gasteiger partial charge in [-0.25, -0.2) is 0 Å². The summed E-state index contributed by atoms with van der Waals surface area (Å²) >= 11 is 0. The average Bonchev–Trinajstić information content (AvgIpc) is 2.72. The highest BCUT2D eigenvalue weighted by Gasteiger charge is 2.23. The molecule has 2 heterocycles. The number of hydrogen-bond acceptors (Lipinski definition) is 3. The molecule has 0 spiro atoms. The van der Waals surface area contributed by atoms with Gasteiger partial charge in [-0.3, -0.25) is 0 Å². The van der Waals surface area contributed by atoms with E-state index in [-0.39, 0.29) is 0 Å². The monoisotopic (exact) mass is 199 g/mol. The molecule has 1 atom stereocenters. The maximum atomic E-state index is 9.02. The van der Waals surface area contributed by atoms with Gasteiger partial charge in [0.1, 0.15) is 0 Å². The van der Waals surface area contributed by atoms with Crippen molar-refractivity contribution in [3.63, 3.8) is 0 Å². The highest BCUT2D eigenvalue weighted by atomic mass is 16.5. The smallest absolute Gasteiger partial charge is 0.0702 e. The lowest BCUT2D eigenvalue weighted by molar-refractivity contribution is 0.0533. The van der Waals surface area contributed by atoms with Crippen LogP contribution in [0.1, 0.15) is 25.7 Å². The molecule has 1 unspecified atom stereocenters. The summed E-state index contributed by atoms with van der Waals surface area (Å²) in [5.74, 6) is 0.552. The molecule has 82 valence electrons. The lowest BCUT2D eigenvalue weighted by atomic mass is 9.97. The number of piperidine rings is 1. The molecule has 0 amide bonds. The van der Waals surface area contributed by atoms with Crippen LogP contribution in [0.25, 0.3) is 0 Å². The van der Waals surface area contributed by atoms with Gasteiger partial charge in [-0.2, -0.15) is 0 Å². The van der Waals surface area contributed by atoms with Gasteiger partial charge in [0.2, 0.25) is 0 Å². The Labute approximate surface area is 86.0 Å². The Balaban J connectivity index is 1.67. The highest BCUT2D eigenvalue weighted by Crippen LogP contribution is 2.19. The van der Waals surface area contributed by atoms with E-state index < -0.39 is 0 Å². The van der Waals surface area contributed by atoms with Crippen LogP contribution in [-0.4, -0.2) is 49.0 Å². The summed E-state index contributed by atoms with van der Waals surface area (Å²) in [6.45, 7) is 4.72. The van der Waals surface area contributed by atoms with E-state index in [0.29, 0.717) is 18.6 Å². The molecule has 2 aliphatic rings. The van der Waals surface area contributed by atoms with Gasteiger partial charge in [0.25, 0.3) is 0 Å². The summed E-state index contributed by atoms with van der Waals surface area (Å²) in [5.41, 5.74) is 0.